The van der Waals surface area contributed by atoms with Gasteiger partial charge in [0.1, 0.15) is 0 Å². The molecule has 4 nitrogen and oxygen atoms in total. The maximum atomic E-state index is 11.1. The molecule has 1 amide bonds. The number of nitrogens with one attached hydrogen (secondary N) is 1. The summed E-state index contributed by atoms with van der Waals surface area (Å²) in [6.07, 6.45) is 0. The fourth-order valence-electron chi connectivity index (χ4n) is 0.860. The molecule has 0 aromatic heterocycles. The van der Waals surface area contributed by atoms with Gasteiger partial charge in [0, 0.05) is 13.1 Å². The van der Waals surface area contributed by atoms with E-state index in [0.29, 0.717) is 0 Å². The summed E-state index contributed by atoms with van der Waals surface area (Å²) in [6.45, 7) is 4.00. The fraction of sp³-hybridized carbons (Fsp3) is 0.300. The van der Waals surface area contributed by atoms with Crippen LogP contribution >= 0.6 is 11.6 Å². The zero-order valence-electron chi connectivity index (χ0n) is 8.84. The number of halogens is 1. The van der Waals surface area contributed by atoms with Gasteiger partial charge in [0.05, 0.1) is 10.6 Å². The van der Waals surface area contributed by atoms with E-state index in [2.05, 4.69) is 5.32 Å². The number of hydrogen-bond donors (Lipinski definition) is 3. The predicted molar refractivity (Wildman–Crippen MR) is 59.5 cm³/mol. The van der Waals surface area contributed by atoms with Crippen molar-refractivity contribution in [1.29, 1.82) is 0 Å². The third-order valence-corrected chi connectivity index (χ3v) is 1.85. The molecule has 0 aliphatic heterocycles. The topological polar surface area (TPSA) is 69.6 Å². The van der Waals surface area contributed by atoms with Crippen LogP contribution in [0.1, 0.15) is 24.2 Å². The van der Waals surface area contributed by atoms with E-state index in [1.807, 2.05) is 13.8 Å². The van der Waals surface area contributed by atoms with Gasteiger partial charge in [0.25, 0.3) is 5.91 Å². The molecule has 1 aromatic carbocycles. The first-order valence-corrected chi connectivity index (χ1v) is 4.87. The molecule has 0 aliphatic rings. The first-order valence-electron chi connectivity index (χ1n) is 4.50. The minimum Gasteiger partial charge on any atom is -0.504 e. The second kappa shape index (κ2) is 6.14. The van der Waals surface area contributed by atoms with Crippen LogP contribution in [0.15, 0.2) is 12.1 Å². The molecule has 0 saturated heterocycles. The quantitative estimate of drug-likeness (QED) is 0.649. The largest absolute Gasteiger partial charge is 0.504 e. The van der Waals surface area contributed by atoms with E-state index in [4.69, 9.17) is 21.8 Å². The Morgan fingerprint density at radius 3 is 2.20 bits per heavy atom. The van der Waals surface area contributed by atoms with Crippen LogP contribution in [0.5, 0.6) is 11.5 Å². The number of phenolic OH excluding ortho intramolecular Hbond substituents is 2. The molecule has 0 radical (unpaired) electrons. The number of carbonyl (C=O) groups excluding carboxylic acids is 1. The van der Waals surface area contributed by atoms with Crippen molar-refractivity contribution in [1.82, 2.24) is 5.32 Å². The minimum absolute atomic E-state index is 0.0923. The smallest absolute Gasteiger partial charge is 0.252 e. The zero-order valence-corrected chi connectivity index (χ0v) is 9.59. The van der Waals surface area contributed by atoms with E-state index in [-0.39, 0.29) is 22.1 Å². The third kappa shape index (κ3) is 3.32. The second-order valence-electron chi connectivity index (χ2n) is 2.40. The van der Waals surface area contributed by atoms with E-state index < -0.39 is 5.91 Å². The van der Waals surface area contributed by atoms with Gasteiger partial charge in [-0.1, -0.05) is 25.4 Å². The molecule has 3 N–H and O–H groups in total. The third-order valence-electron chi connectivity index (χ3n) is 1.54. The summed E-state index contributed by atoms with van der Waals surface area (Å²) in [5.74, 6) is -1.14. The summed E-state index contributed by atoms with van der Waals surface area (Å²) in [6, 6.07) is 2.22. The number of amides is 1. The summed E-state index contributed by atoms with van der Waals surface area (Å²) in [4.78, 5) is 11.1. The minimum atomic E-state index is -0.416. The molecular weight excluding hydrogens is 218 g/mol. The average molecular weight is 232 g/mol. The van der Waals surface area contributed by atoms with Gasteiger partial charge in [-0.05, 0) is 6.07 Å². The van der Waals surface area contributed by atoms with E-state index in [9.17, 15) is 4.79 Å². The Bertz CT molecular complexity index is 353. The lowest BCUT2D eigenvalue weighted by Crippen LogP contribution is -2.18. The van der Waals surface area contributed by atoms with Crippen LogP contribution < -0.4 is 5.32 Å². The van der Waals surface area contributed by atoms with E-state index in [0.717, 1.165) is 12.1 Å². The summed E-state index contributed by atoms with van der Waals surface area (Å²) in [5, 5.41) is 20.5. The highest BCUT2D eigenvalue weighted by atomic mass is 35.5. The van der Waals surface area contributed by atoms with Gasteiger partial charge >= 0.3 is 0 Å². The Hall–Kier alpha value is -1.42. The highest BCUT2D eigenvalue weighted by Gasteiger charge is 2.12. The van der Waals surface area contributed by atoms with E-state index in [1.165, 1.54) is 7.05 Å². The molecular formula is C10H14ClNO3. The molecule has 1 aromatic rings. The lowest BCUT2D eigenvalue weighted by molar-refractivity contribution is 0.0963. The van der Waals surface area contributed by atoms with Crippen molar-refractivity contribution in [2.24, 2.45) is 0 Å². The molecule has 1 rings (SSSR count). The van der Waals surface area contributed by atoms with Gasteiger partial charge < -0.3 is 15.5 Å². The molecule has 15 heavy (non-hydrogen) atoms. The first kappa shape index (κ1) is 13.6. The van der Waals surface area contributed by atoms with Crippen LogP contribution in [-0.4, -0.2) is 23.2 Å². The van der Waals surface area contributed by atoms with Crippen LogP contribution in [0.25, 0.3) is 0 Å². The standard InChI is InChI=1S/C8H8ClNO3.C2H6/c1-10-8(13)4-2-6(11)7(12)3-5(4)9;1-2/h2-3,11-12H,1H3,(H,10,13);1-2H3. The van der Waals surface area contributed by atoms with Crippen LogP contribution in [0.4, 0.5) is 0 Å². The first-order chi connectivity index (χ1) is 7.06. The lowest BCUT2D eigenvalue weighted by atomic mass is 10.2. The molecule has 0 spiro atoms. The molecule has 0 saturated carbocycles. The van der Waals surface area contributed by atoms with Crippen molar-refractivity contribution in [2.75, 3.05) is 7.05 Å². The number of benzene rings is 1. The molecule has 5 heteroatoms. The van der Waals surface area contributed by atoms with E-state index in [1.54, 1.807) is 0 Å². The molecule has 0 unspecified atom stereocenters. The molecule has 0 bridgehead atoms. The van der Waals surface area contributed by atoms with Crippen LogP contribution in [-0.2, 0) is 0 Å². The summed E-state index contributed by atoms with van der Waals surface area (Å²) in [5.41, 5.74) is 0.125. The van der Waals surface area contributed by atoms with Gasteiger partial charge in [0.15, 0.2) is 11.5 Å². The second-order valence-corrected chi connectivity index (χ2v) is 2.81. The summed E-state index contributed by atoms with van der Waals surface area (Å²) < 4.78 is 0. The number of aromatic hydroxyl groups is 2. The van der Waals surface area contributed by atoms with Crippen molar-refractivity contribution >= 4 is 17.5 Å². The van der Waals surface area contributed by atoms with Gasteiger partial charge in [-0.3, -0.25) is 4.79 Å². The van der Waals surface area contributed by atoms with Crippen LogP contribution in [0.2, 0.25) is 5.02 Å². The molecule has 84 valence electrons. The average Bonchev–Trinajstić information content (AvgIpc) is 2.25. The van der Waals surface area contributed by atoms with Gasteiger partial charge in [-0.15, -0.1) is 0 Å². The summed E-state index contributed by atoms with van der Waals surface area (Å²) >= 11 is 5.64. The molecule has 0 heterocycles. The molecule has 0 fully saturated rings. The zero-order chi connectivity index (χ0) is 12.0. The Kier molecular flexibility index (Phi) is 5.56. The van der Waals surface area contributed by atoms with Gasteiger partial charge in [-0.25, -0.2) is 0 Å². The van der Waals surface area contributed by atoms with Crippen molar-refractivity contribution in [3.05, 3.63) is 22.7 Å². The maximum Gasteiger partial charge on any atom is 0.252 e. The number of phenols is 2. The van der Waals surface area contributed by atoms with E-state index >= 15 is 0 Å². The normalized spacial score (nSPS) is 8.80. The number of rotatable bonds is 1. The van der Waals surface area contributed by atoms with Gasteiger partial charge in [-0.2, -0.15) is 0 Å². The SMILES string of the molecule is CC.CNC(=O)c1cc(O)c(O)cc1Cl. The van der Waals surface area contributed by atoms with Crippen molar-refractivity contribution in [2.45, 2.75) is 13.8 Å². The fourth-order valence-corrected chi connectivity index (χ4v) is 1.10. The predicted octanol–water partition coefficient (Wildman–Crippen LogP) is 2.14. The Balaban J connectivity index is 0.000000921. The summed E-state index contributed by atoms with van der Waals surface area (Å²) in [7, 11) is 1.45. The van der Waals surface area contributed by atoms with Crippen molar-refractivity contribution < 1.29 is 15.0 Å². The monoisotopic (exact) mass is 231 g/mol. The van der Waals surface area contributed by atoms with Crippen molar-refractivity contribution in [3.63, 3.8) is 0 Å². The molecule has 0 atom stereocenters. The Morgan fingerprint density at radius 2 is 1.73 bits per heavy atom. The maximum absolute atomic E-state index is 11.1. The Labute approximate surface area is 93.5 Å². The Morgan fingerprint density at radius 1 is 1.27 bits per heavy atom. The highest BCUT2D eigenvalue weighted by molar-refractivity contribution is 6.34. The van der Waals surface area contributed by atoms with Crippen LogP contribution in [0, 0.1) is 0 Å². The number of carbonyl (C=O) groups is 1. The molecule has 0 aliphatic carbocycles. The lowest BCUT2D eigenvalue weighted by Gasteiger charge is -2.04. The van der Waals surface area contributed by atoms with Crippen molar-refractivity contribution in [3.8, 4) is 11.5 Å². The van der Waals surface area contributed by atoms with Crippen LogP contribution in [0.3, 0.4) is 0 Å². The number of hydrogen-bond acceptors (Lipinski definition) is 3. The van der Waals surface area contributed by atoms with Gasteiger partial charge in [0.2, 0.25) is 0 Å². The highest BCUT2D eigenvalue weighted by Crippen LogP contribution is 2.30.